The number of carbonyl (C=O) groups excluding carboxylic acids is 1. The predicted molar refractivity (Wildman–Crippen MR) is 125 cm³/mol. The maximum Gasteiger partial charge on any atom is 0.173 e. The van der Waals surface area contributed by atoms with Gasteiger partial charge in [-0.15, -0.1) is 11.3 Å². The molecule has 4 nitrogen and oxygen atoms in total. The minimum absolute atomic E-state index is 0.0675. The Hall–Kier alpha value is -1.69. The highest BCUT2D eigenvalue weighted by Crippen LogP contribution is 2.71. The van der Waals surface area contributed by atoms with Gasteiger partial charge in [-0.1, -0.05) is 32.9 Å². The Balaban J connectivity index is 1.45. The van der Waals surface area contributed by atoms with Crippen molar-refractivity contribution in [2.45, 2.75) is 72.3 Å². The van der Waals surface area contributed by atoms with E-state index in [0.29, 0.717) is 24.2 Å². The Labute approximate surface area is 189 Å². The van der Waals surface area contributed by atoms with Gasteiger partial charge in [0, 0.05) is 11.3 Å². The second kappa shape index (κ2) is 8.34. The topological polar surface area (TPSA) is 66.8 Å². The lowest BCUT2D eigenvalue weighted by atomic mass is 9.93. The summed E-state index contributed by atoms with van der Waals surface area (Å²) in [5, 5.41) is 18.5. The van der Waals surface area contributed by atoms with Gasteiger partial charge in [0.05, 0.1) is 11.5 Å². The molecule has 2 N–H and O–H groups in total. The Morgan fingerprint density at radius 3 is 2.58 bits per heavy atom. The largest absolute Gasteiger partial charge is 0.490 e. The molecule has 1 aromatic carbocycles. The van der Waals surface area contributed by atoms with Crippen LogP contribution in [0.2, 0.25) is 0 Å². The van der Waals surface area contributed by atoms with Gasteiger partial charge in [0.15, 0.2) is 5.78 Å². The van der Waals surface area contributed by atoms with E-state index in [1.165, 1.54) is 16.0 Å². The SMILES string of the molecule is CCc1sc(C(=O)CCc2cc(C)c(OC[C@H](O)CO)c(C)c2)c2c1[C@@H]1[C@H](C2)C1(C)C. The van der Waals surface area contributed by atoms with Crippen molar-refractivity contribution in [2.75, 3.05) is 13.2 Å². The summed E-state index contributed by atoms with van der Waals surface area (Å²) in [5.41, 5.74) is 6.39. The van der Waals surface area contributed by atoms with Gasteiger partial charge >= 0.3 is 0 Å². The molecule has 1 saturated carbocycles. The molecule has 0 bridgehead atoms. The number of ether oxygens (including phenoxy) is 1. The number of aliphatic hydroxyl groups excluding tert-OH is 2. The minimum Gasteiger partial charge on any atom is -0.490 e. The van der Waals surface area contributed by atoms with Gasteiger partial charge < -0.3 is 14.9 Å². The zero-order chi connectivity index (χ0) is 22.5. The highest BCUT2D eigenvalue weighted by molar-refractivity contribution is 7.14. The third-order valence-electron chi connectivity index (χ3n) is 7.28. The molecule has 2 aliphatic carbocycles. The molecule has 2 aliphatic rings. The second-order valence-electron chi connectivity index (χ2n) is 9.84. The first-order chi connectivity index (χ1) is 14.7. The van der Waals surface area contributed by atoms with Crippen molar-refractivity contribution in [2.24, 2.45) is 11.3 Å². The molecule has 0 amide bonds. The lowest BCUT2D eigenvalue weighted by Gasteiger charge is -2.16. The molecule has 3 atom stereocenters. The van der Waals surface area contributed by atoms with Crippen LogP contribution in [0.4, 0.5) is 0 Å². The van der Waals surface area contributed by atoms with E-state index in [1.54, 1.807) is 11.3 Å². The summed E-state index contributed by atoms with van der Waals surface area (Å²) in [7, 11) is 0. The van der Waals surface area contributed by atoms with Gasteiger partial charge in [-0.3, -0.25) is 4.79 Å². The number of aliphatic hydroxyl groups is 2. The maximum absolute atomic E-state index is 13.2. The van der Waals surface area contributed by atoms with E-state index < -0.39 is 6.10 Å². The lowest BCUT2D eigenvalue weighted by molar-refractivity contribution is 0.0531. The normalized spacial score (nSPS) is 21.5. The first kappa shape index (κ1) is 22.5. The molecular formula is C26H34O4S. The van der Waals surface area contributed by atoms with Crippen molar-refractivity contribution in [3.8, 4) is 5.75 Å². The summed E-state index contributed by atoms with van der Waals surface area (Å²) >= 11 is 1.74. The molecule has 0 unspecified atom stereocenters. The number of fused-ring (bicyclic) bond motifs is 3. The average Bonchev–Trinajstić information content (AvgIpc) is 3.06. The Kier molecular flexibility index (Phi) is 6.06. The number of ketones is 1. The Morgan fingerprint density at radius 2 is 1.97 bits per heavy atom. The van der Waals surface area contributed by atoms with Crippen molar-refractivity contribution in [1.29, 1.82) is 0 Å². The number of rotatable bonds is 9. The highest BCUT2D eigenvalue weighted by atomic mass is 32.1. The molecule has 1 fully saturated rings. The highest BCUT2D eigenvalue weighted by Gasteiger charge is 2.63. The van der Waals surface area contributed by atoms with Crippen molar-refractivity contribution < 1.29 is 19.7 Å². The van der Waals surface area contributed by atoms with Crippen LogP contribution in [0.3, 0.4) is 0 Å². The van der Waals surface area contributed by atoms with Gasteiger partial charge in [-0.25, -0.2) is 0 Å². The van der Waals surface area contributed by atoms with Crippen LogP contribution in [0.15, 0.2) is 12.1 Å². The number of aryl methyl sites for hydroxylation is 4. The van der Waals surface area contributed by atoms with Crippen LogP contribution >= 0.6 is 11.3 Å². The molecule has 2 aromatic rings. The number of carbonyl (C=O) groups is 1. The van der Waals surface area contributed by atoms with E-state index in [0.717, 1.165) is 46.1 Å². The van der Waals surface area contributed by atoms with E-state index in [-0.39, 0.29) is 19.0 Å². The fraction of sp³-hybridized carbons (Fsp3) is 0.577. The first-order valence-electron chi connectivity index (χ1n) is 11.4. The van der Waals surface area contributed by atoms with Crippen LogP contribution in [0.1, 0.15) is 75.5 Å². The second-order valence-corrected chi connectivity index (χ2v) is 10.9. The third kappa shape index (κ3) is 3.96. The smallest absolute Gasteiger partial charge is 0.173 e. The standard InChI is InChI=1S/C26H34O4S/c1-6-21-22-18(11-19-23(22)26(19,4)5)25(31-21)20(29)8-7-16-9-14(2)24(15(3)10-16)30-13-17(28)12-27/h9-10,17,19,23,27-28H,6-8,11-13H2,1-5H3/t17-,19+,23+/m1/s1. The number of benzene rings is 1. The number of hydrogen-bond acceptors (Lipinski definition) is 5. The van der Waals surface area contributed by atoms with Crippen LogP contribution in [0.5, 0.6) is 5.75 Å². The Morgan fingerprint density at radius 1 is 1.29 bits per heavy atom. The van der Waals surface area contributed by atoms with Gasteiger partial charge in [0.1, 0.15) is 18.5 Å². The summed E-state index contributed by atoms with van der Waals surface area (Å²) in [6.45, 7) is 10.7. The number of thiophene rings is 1. The minimum atomic E-state index is -0.881. The number of Topliss-reactive ketones (excluding diaryl/α,β-unsaturated/α-hetero) is 1. The quantitative estimate of drug-likeness (QED) is 0.549. The molecule has 31 heavy (non-hydrogen) atoms. The molecule has 168 valence electrons. The zero-order valence-electron chi connectivity index (χ0n) is 19.2. The van der Waals surface area contributed by atoms with Gasteiger partial charge in [-0.2, -0.15) is 0 Å². The van der Waals surface area contributed by atoms with Crippen LogP contribution in [-0.2, 0) is 19.3 Å². The van der Waals surface area contributed by atoms with E-state index in [1.807, 2.05) is 13.8 Å². The molecule has 1 aromatic heterocycles. The van der Waals surface area contributed by atoms with Crippen molar-refractivity contribution in [3.63, 3.8) is 0 Å². The summed E-state index contributed by atoms with van der Waals surface area (Å²) in [5.74, 6) is 2.41. The summed E-state index contributed by atoms with van der Waals surface area (Å²) < 4.78 is 5.69. The molecule has 0 radical (unpaired) electrons. The average molecular weight is 443 g/mol. The van der Waals surface area contributed by atoms with Crippen molar-refractivity contribution >= 4 is 17.1 Å². The zero-order valence-corrected chi connectivity index (χ0v) is 20.1. The van der Waals surface area contributed by atoms with E-state index in [4.69, 9.17) is 9.84 Å². The summed E-state index contributed by atoms with van der Waals surface area (Å²) in [6, 6.07) is 4.13. The molecule has 0 spiro atoms. The van der Waals surface area contributed by atoms with E-state index >= 15 is 0 Å². The molecule has 4 rings (SSSR count). The van der Waals surface area contributed by atoms with E-state index in [2.05, 4.69) is 32.9 Å². The predicted octanol–water partition coefficient (Wildman–Crippen LogP) is 4.77. The molecular weight excluding hydrogens is 408 g/mol. The van der Waals surface area contributed by atoms with Gasteiger partial charge in [0.2, 0.25) is 0 Å². The van der Waals surface area contributed by atoms with Crippen LogP contribution in [0.25, 0.3) is 0 Å². The fourth-order valence-electron chi connectivity index (χ4n) is 5.52. The van der Waals surface area contributed by atoms with E-state index in [9.17, 15) is 9.90 Å². The fourth-order valence-corrected chi connectivity index (χ4v) is 6.80. The van der Waals surface area contributed by atoms with Crippen molar-refractivity contribution in [1.82, 2.24) is 0 Å². The number of hydrogen-bond donors (Lipinski definition) is 2. The van der Waals surface area contributed by atoms with Crippen LogP contribution in [0, 0.1) is 25.2 Å². The lowest BCUT2D eigenvalue weighted by Crippen LogP contribution is -2.21. The third-order valence-corrected chi connectivity index (χ3v) is 8.71. The van der Waals surface area contributed by atoms with Crippen molar-refractivity contribution in [3.05, 3.63) is 49.7 Å². The summed E-state index contributed by atoms with van der Waals surface area (Å²) in [4.78, 5) is 15.6. The maximum atomic E-state index is 13.2. The molecule has 0 aliphatic heterocycles. The first-order valence-corrected chi connectivity index (χ1v) is 12.2. The monoisotopic (exact) mass is 442 g/mol. The molecule has 0 saturated heterocycles. The Bertz CT molecular complexity index is 980. The summed E-state index contributed by atoms with van der Waals surface area (Å²) in [6.07, 6.45) is 2.45. The molecule has 5 heteroatoms. The van der Waals surface area contributed by atoms with Crippen LogP contribution < -0.4 is 4.74 Å². The van der Waals surface area contributed by atoms with Crippen LogP contribution in [-0.4, -0.2) is 35.3 Å². The van der Waals surface area contributed by atoms with Gasteiger partial charge in [0.25, 0.3) is 0 Å². The molecule has 1 heterocycles. The van der Waals surface area contributed by atoms with Gasteiger partial charge in [-0.05, 0) is 78.2 Å².